The number of hydrogen-bond acceptors (Lipinski definition) is 2. The molecular weight excluding hydrogens is 126 g/mol. The summed E-state index contributed by atoms with van der Waals surface area (Å²) in [6.45, 7) is 1.80. The minimum atomic E-state index is 0.0359. The Labute approximate surface area is 53.5 Å². The molecule has 0 rings (SSSR count). The summed E-state index contributed by atoms with van der Waals surface area (Å²) in [5.74, 6) is 0. The Kier molecular flexibility index (Phi) is 4.61. The molecule has 0 amide bonds. The summed E-state index contributed by atoms with van der Waals surface area (Å²) < 4.78 is 0. The van der Waals surface area contributed by atoms with E-state index >= 15 is 0 Å². The summed E-state index contributed by atoms with van der Waals surface area (Å²) in [5, 5.41) is 8.38. The van der Waals surface area contributed by atoms with E-state index in [0.29, 0.717) is 0 Å². The van der Waals surface area contributed by atoms with E-state index in [9.17, 15) is 0 Å². The third-order valence-electron chi connectivity index (χ3n) is 0.601. The molecule has 8 heavy (non-hydrogen) atoms. The van der Waals surface area contributed by atoms with Crippen LogP contribution in [0.15, 0.2) is 16.8 Å². The van der Waals surface area contributed by atoms with E-state index in [1.165, 1.54) is 6.20 Å². The normalized spacial score (nSPS) is 13.1. The van der Waals surface area contributed by atoms with Crippen LogP contribution in [0, 0.1) is 0 Å². The van der Waals surface area contributed by atoms with Crippen LogP contribution >= 0.6 is 11.6 Å². The van der Waals surface area contributed by atoms with Gasteiger partial charge >= 0.3 is 0 Å². The highest BCUT2D eigenvalue weighted by molar-refractivity contribution is 6.56. The second kappa shape index (κ2) is 4.81. The van der Waals surface area contributed by atoms with E-state index in [0.717, 1.165) is 11.2 Å². The summed E-state index contributed by atoms with van der Waals surface area (Å²) in [6, 6.07) is 0. The van der Waals surface area contributed by atoms with E-state index in [4.69, 9.17) is 16.7 Å². The summed E-state index contributed by atoms with van der Waals surface area (Å²) in [7, 11) is 0. The SMILES string of the molecule is C/C(=C\N=CCl)CO. The van der Waals surface area contributed by atoms with Gasteiger partial charge in [0.15, 0.2) is 0 Å². The highest BCUT2D eigenvalue weighted by atomic mass is 35.5. The Balaban J connectivity index is 3.57. The average molecular weight is 134 g/mol. The van der Waals surface area contributed by atoms with Crippen molar-refractivity contribution < 1.29 is 5.11 Å². The topological polar surface area (TPSA) is 32.6 Å². The average Bonchev–Trinajstić information content (AvgIpc) is 1.83. The Hall–Kier alpha value is -0.340. The summed E-state index contributed by atoms with van der Waals surface area (Å²) >= 11 is 5.08. The lowest BCUT2D eigenvalue weighted by Crippen LogP contribution is -1.80. The van der Waals surface area contributed by atoms with Crippen LogP contribution in [0.2, 0.25) is 0 Å². The van der Waals surface area contributed by atoms with Gasteiger partial charge in [-0.25, -0.2) is 0 Å². The van der Waals surface area contributed by atoms with Gasteiger partial charge in [0.2, 0.25) is 0 Å². The van der Waals surface area contributed by atoms with Crippen LogP contribution in [0.1, 0.15) is 6.92 Å². The summed E-state index contributed by atoms with van der Waals surface area (Å²) in [5.41, 5.74) is 1.95. The molecule has 3 heteroatoms. The molecule has 46 valence electrons. The van der Waals surface area contributed by atoms with Crippen LogP contribution in [0.3, 0.4) is 0 Å². The standard InChI is InChI=1S/C5H8ClNO/c1-5(3-8)2-7-4-6/h2,4,8H,3H2,1H3/b5-2+,7-4?. The molecule has 2 nitrogen and oxygen atoms in total. The van der Waals surface area contributed by atoms with Crippen molar-refractivity contribution in [3.63, 3.8) is 0 Å². The molecule has 0 aliphatic carbocycles. The molecule has 0 aliphatic heterocycles. The number of halogens is 1. The van der Waals surface area contributed by atoms with Crippen molar-refractivity contribution in [2.24, 2.45) is 4.99 Å². The fourth-order valence-electron chi connectivity index (χ4n) is 0.196. The third kappa shape index (κ3) is 3.84. The van der Waals surface area contributed by atoms with E-state index in [2.05, 4.69) is 4.99 Å². The maximum absolute atomic E-state index is 8.38. The quantitative estimate of drug-likeness (QED) is 0.564. The van der Waals surface area contributed by atoms with Crippen LogP contribution in [0.5, 0.6) is 0 Å². The van der Waals surface area contributed by atoms with Crippen molar-refractivity contribution in [1.82, 2.24) is 0 Å². The van der Waals surface area contributed by atoms with Crippen molar-refractivity contribution in [3.05, 3.63) is 11.8 Å². The lowest BCUT2D eigenvalue weighted by Gasteiger charge is -1.85. The van der Waals surface area contributed by atoms with Gasteiger partial charge in [0.25, 0.3) is 0 Å². The molecule has 0 saturated carbocycles. The van der Waals surface area contributed by atoms with Crippen LogP contribution in [0.4, 0.5) is 0 Å². The van der Waals surface area contributed by atoms with Crippen molar-refractivity contribution in [2.75, 3.05) is 6.61 Å². The largest absolute Gasteiger partial charge is 0.392 e. The zero-order valence-corrected chi connectivity index (χ0v) is 5.39. The van der Waals surface area contributed by atoms with Crippen LogP contribution in [-0.4, -0.2) is 17.4 Å². The van der Waals surface area contributed by atoms with Crippen molar-refractivity contribution in [2.45, 2.75) is 6.92 Å². The fourth-order valence-corrected chi connectivity index (χ4v) is 0.253. The number of rotatable bonds is 2. The number of aliphatic hydroxyl groups excluding tert-OH is 1. The van der Waals surface area contributed by atoms with Crippen molar-refractivity contribution >= 4 is 17.3 Å². The van der Waals surface area contributed by atoms with Gasteiger partial charge in [-0.05, 0) is 12.5 Å². The van der Waals surface area contributed by atoms with Gasteiger partial charge in [0.05, 0.1) is 12.3 Å². The molecule has 0 spiro atoms. The van der Waals surface area contributed by atoms with Gasteiger partial charge < -0.3 is 5.11 Å². The van der Waals surface area contributed by atoms with Gasteiger partial charge in [-0.15, -0.1) is 0 Å². The van der Waals surface area contributed by atoms with Crippen LogP contribution < -0.4 is 0 Å². The second-order valence-electron chi connectivity index (χ2n) is 1.38. The van der Waals surface area contributed by atoms with Crippen molar-refractivity contribution in [1.29, 1.82) is 0 Å². The first-order chi connectivity index (χ1) is 3.81. The molecule has 0 fully saturated rings. The maximum Gasteiger partial charge on any atom is 0.0926 e. The molecule has 0 atom stereocenters. The molecule has 0 heterocycles. The fraction of sp³-hybridized carbons (Fsp3) is 0.400. The Morgan fingerprint density at radius 1 is 1.88 bits per heavy atom. The zero-order valence-electron chi connectivity index (χ0n) is 4.63. The highest BCUT2D eigenvalue weighted by Gasteiger charge is 1.78. The number of hydrogen-bond donors (Lipinski definition) is 1. The van der Waals surface area contributed by atoms with Gasteiger partial charge in [-0.3, -0.25) is 4.99 Å². The Bertz CT molecular complexity index is 109. The molecule has 1 N–H and O–H groups in total. The lowest BCUT2D eigenvalue weighted by molar-refractivity contribution is 0.331. The number of aliphatic hydroxyl groups is 1. The van der Waals surface area contributed by atoms with Gasteiger partial charge in [-0.2, -0.15) is 0 Å². The molecule has 0 aromatic rings. The lowest BCUT2D eigenvalue weighted by atomic mass is 10.4. The van der Waals surface area contributed by atoms with E-state index in [1.807, 2.05) is 0 Å². The molecular formula is C5H8ClNO. The molecule has 0 radical (unpaired) electrons. The molecule has 0 bridgehead atoms. The van der Waals surface area contributed by atoms with Crippen LogP contribution in [-0.2, 0) is 0 Å². The van der Waals surface area contributed by atoms with Crippen LogP contribution in [0.25, 0.3) is 0 Å². The number of nitrogens with zero attached hydrogens (tertiary/aromatic N) is 1. The number of aliphatic imine (C=N–C) groups is 1. The van der Waals surface area contributed by atoms with E-state index in [1.54, 1.807) is 6.92 Å². The van der Waals surface area contributed by atoms with E-state index in [-0.39, 0.29) is 6.61 Å². The monoisotopic (exact) mass is 133 g/mol. The van der Waals surface area contributed by atoms with Gasteiger partial charge in [-0.1, -0.05) is 11.6 Å². The first-order valence-corrected chi connectivity index (χ1v) is 2.63. The molecule has 0 aliphatic rings. The Morgan fingerprint density at radius 3 is 2.88 bits per heavy atom. The summed E-state index contributed by atoms with van der Waals surface area (Å²) in [4.78, 5) is 3.56. The minimum absolute atomic E-state index is 0.0359. The first kappa shape index (κ1) is 7.66. The molecule has 0 saturated heterocycles. The maximum atomic E-state index is 8.38. The second-order valence-corrected chi connectivity index (χ2v) is 1.58. The smallest absolute Gasteiger partial charge is 0.0926 e. The predicted molar refractivity (Wildman–Crippen MR) is 35.2 cm³/mol. The Morgan fingerprint density at radius 2 is 2.50 bits per heavy atom. The highest BCUT2D eigenvalue weighted by Crippen LogP contribution is 1.88. The van der Waals surface area contributed by atoms with Gasteiger partial charge in [0.1, 0.15) is 0 Å². The molecule has 0 aromatic heterocycles. The minimum Gasteiger partial charge on any atom is -0.392 e. The van der Waals surface area contributed by atoms with Crippen molar-refractivity contribution in [3.8, 4) is 0 Å². The van der Waals surface area contributed by atoms with Gasteiger partial charge in [0, 0.05) is 6.20 Å². The predicted octanol–water partition coefficient (Wildman–Crippen LogP) is 1.15. The first-order valence-electron chi connectivity index (χ1n) is 2.19. The zero-order chi connectivity index (χ0) is 6.41. The van der Waals surface area contributed by atoms with E-state index < -0.39 is 0 Å². The summed E-state index contributed by atoms with van der Waals surface area (Å²) in [6.07, 6.45) is 1.51. The molecule has 0 unspecified atom stereocenters. The third-order valence-corrected chi connectivity index (χ3v) is 0.713. The molecule has 0 aromatic carbocycles.